The Morgan fingerprint density at radius 3 is 2.67 bits per heavy atom. The molecule has 0 saturated heterocycles. The minimum absolute atomic E-state index is 0.719. The van der Waals surface area contributed by atoms with Crippen LogP contribution in [0.15, 0.2) is 24.4 Å². The van der Waals surface area contributed by atoms with Crippen LogP contribution in [0.4, 0.5) is 0 Å². The highest BCUT2D eigenvalue weighted by molar-refractivity contribution is 6.38. The standard InChI is InChI=1S/C15H17Cl2N/c16-12-8-14(17)13-6-7-18(15(13)9-12)10-11-4-2-1-3-5-11/h6-9,11H,1-5,10H2. The molecule has 1 saturated carbocycles. The van der Waals surface area contributed by atoms with Crippen LogP contribution in [0.1, 0.15) is 32.1 Å². The third-order valence-electron chi connectivity index (χ3n) is 3.98. The molecule has 96 valence electrons. The van der Waals surface area contributed by atoms with Gasteiger partial charge in [0.25, 0.3) is 0 Å². The molecule has 0 spiro atoms. The van der Waals surface area contributed by atoms with E-state index in [9.17, 15) is 0 Å². The molecule has 1 aromatic carbocycles. The van der Waals surface area contributed by atoms with E-state index in [1.165, 1.54) is 32.1 Å². The molecule has 1 aliphatic carbocycles. The summed E-state index contributed by atoms with van der Waals surface area (Å²) in [4.78, 5) is 0. The summed E-state index contributed by atoms with van der Waals surface area (Å²) in [6.45, 7) is 1.10. The van der Waals surface area contributed by atoms with Gasteiger partial charge in [0.05, 0.1) is 10.5 Å². The van der Waals surface area contributed by atoms with Crippen molar-refractivity contribution in [3.05, 3.63) is 34.4 Å². The molecule has 2 aromatic rings. The van der Waals surface area contributed by atoms with Crippen LogP contribution in [-0.2, 0) is 6.54 Å². The smallest absolute Gasteiger partial charge is 0.0514 e. The molecule has 1 nitrogen and oxygen atoms in total. The van der Waals surface area contributed by atoms with E-state index in [2.05, 4.69) is 16.8 Å². The molecule has 0 aliphatic heterocycles. The van der Waals surface area contributed by atoms with E-state index in [4.69, 9.17) is 23.2 Å². The average molecular weight is 282 g/mol. The molecule has 1 aromatic heterocycles. The highest BCUT2D eigenvalue weighted by Gasteiger charge is 2.15. The Morgan fingerprint density at radius 2 is 1.89 bits per heavy atom. The zero-order valence-corrected chi connectivity index (χ0v) is 11.8. The Bertz CT molecular complexity index is 553. The maximum Gasteiger partial charge on any atom is 0.0514 e. The topological polar surface area (TPSA) is 4.93 Å². The highest BCUT2D eigenvalue weighted by Crippen LogP contribution is 2.31. The molecule has 18 heavy (non-hydrogen) atoms. The van der Waals surface area contributed by atoms with Crippen molar-refractivity contribution in [1.82, 2.24) is 4.57 Å². The first-order chi connectivity index (χ1) is 8.74. The predicted molar refractivity (Wildman–Crippen MR) is 78.5 cm³/mol. The van der Waals surface area contributed by atoms with Crippen molar-refractivity contribution in [2.45, 2.75) is 38.6 Å². The summed E-state index contributed by atoms with van der Waals surface area (Å²) in [6, 6.07) is 5.93. The monoisotopic (exact) mass is 281 g/mol. The lowest BCUT2D eigenvalue weighted by atomic mass is 9.89. The number of fused-ring (bicyclic) bond motifs is 1. The van der Waals surface area contributed by atoms with Crippen LogP contribution in [0.3, 0.4) is 0 Å². The van der Waals surface area contributed by atoms with Gasteiger partial charge in [0.2, 0.25) is 0 Å². The molecule has 0 unspecified atom stereocenters. The lowest BCUT2D eigenvalue weighted by Crippen LogP contribution is -2.13. The number of nitrogens with zero attached hydrogens (tertiary/aromatic N) is 1. The molecular formula is C15H17Cl2N. The molecule has 0 amide bonds. The molecule has 3 rings (SSSR count). The molecule has 1 heterocycles. The molecule has 3 heteroatoms. The van der Waals surface area contributed by atoms with E-state index < -0.39 is 0 Å². The van der Waals surface area contributed by atoms with Crippen molar-refractivity contribution in [2.75, 3.05) is 0 Å². The quantitative estimate of drug-likeness (QED) is 0.682. The van der Waals surface area contributed by atoms with Gasteiger partial charge < -0.3 is 4.57 Å². The third-order valence-corrected chi connectivity index (χ3v) is 4.51. The van der Waals surface area contributed by atoms with Crippen LogP contribution in [-0.4, -0.2) is 4.57 Å². The number of hydrogen-bond acceptors (Lipinski definition) is 0. The number of rotatable bonds is 2. The van der Waals surface area contributed by atoms with Gasteiger partial charge in [-0.25, -0.2) is 0 Å². The Hall–Kier alpha value is -0.660. The number of hydrogen-bond donors (Lipinski definition) is 0. The van der Waals surface area contributed by atoms with Crippen LogP contribution in [0.25, 0.3) is 10.9 Å². The lowest BCUT2D eigenvalue weighted by Gasteiger charge is -2.22. The minimum atomic E-state index is 0.719. The summed E-state index contributed by atoms with van der Waals surface area (Å²) in [5.41, 5.74) is 1.16. The molecule has 0 atom stereocenters. The Morgan fingerprint density at radius 1 is 1.11 bits per heavy atom. The third kappa shape index (κ3) is 2.39. The highest BCUT2D eigenvalue weighted by atomic mass is 35.5. The van der Waals surface area contributed by atoms with Crippen LogP contribution in [0.5, 0.6) is 0 Å². The van der Waals surface area contributed by atoms with Gasteiger partial charge in [0.1, 0.15) is 0 Å². The summed E-state index contributed by atoms with van der Waals surface area (Å²) >= 11 is 12.3. The Labute approximate surface area is 118 Å². The van der Waals surface area contributed by atoms with Crippen LogP contribution in [0.2, 0.25) is 10.0 Å². The van der Waals surface area contributed by atoms with E-state index in [1.54, 1.807) is 0 Å². The minimum Gasteiger partial charge on any atom is -0.347 e. The summed E-state index contributed by atoms with van der Waals surface area (Å²) < 4.78 is 2.31. The summed E-state index contributed by atoms with van der Waals surface area (Å²) in [5.74, 6) is 0.812. The lowest BCUT2D eigenvalue weighted by molar-refractivity contribution is 0.322. The predicted octanol–water partition coefficient (Wildman–Crippen LogP) is 5.53. The van der Waals surface area contributed by atoms with Gasteiger partial charge in [0.15, 0.2) is 0 Å². The maximum absolute atomic E-state index is 6.22. The fourth-order valence-corrected chi connectivity index (χ4v) is 3.57. The molecular weight excluding hydrogens is 265 g/mol. The van der Waals surface area contributed by atoms with E-state index in [-0.39, 0.29) is 0 Å². The van der Waals surface area contributed by atoms with Gasteiger partial charge in [-0.05, 0) is 37.0 Å². The van der Waals surface area contributed by atoms with Gasteiger partial charge in [0, 0.05) is 23.2 Å². The summed E-state index contributed by atoms with van der Waals surface area (Å²) in [5, 5.41) is 2.58. The first-order valence-electron chi connectivity index (χ1n) is 6.68. The Balaban J connectivity index is 1.92. The van der Waals surface area contributed by atoms with E-state index in [0.717, 1.165) is 33.4 Å². The van der Waals surface area contributed by atoms with Crippen LogP contribution < -0.4 is 0 Å². The molecule has 1 fully saturated rings. The van der Waals surface area contributed by atoms with Crippen molar-refractivity contribution in [1.29, 1.82) is 0 Å². The van der Waals surface area contributed by atoms with Gasteiger partial charge >= 0.3 is 0 Å². The van der Waals surface area contributed by atoms with E-state index >= 15 is 0 Å². The summed E-state index contributed by atoms with van der Waals surface area (Å²) in [6.07, 6.45) is 9.01. The Kier molecular flexibility index (Phi) is 3.54. The van der Waals surface area contributed by atoms with Crippen molar-refractivity contribution >= 4 is 34.1 Å². The second kappa shape index (κ2) is 5.14. The largest absolute Gasteiger partial charge is 0.347 e. The van der Waals surface area contributed by atoms with E-state index in [1.807, 2.05) is 12.1 Å². The molecule has 1 aliphatic rings. The first kappa shape index (κ1) is 12.4. The van der Waals surface area contributed by atoms with Crippen molar-refractivity contribution in [3.63, 3.8) is 0 Å². The number of benzene rings is 1. The van der Waals surface area contributed by atoms with Gasteiger partial charge in [-0.1, -0.05) is 42.5 Å². The fourth-order valence-electron chi connectivity index (χ4n) is 3.03. The SMILES string of the molecule is Clc1cc(Cl)c2ccn(CC3CCCCC3)c2c1. The molecule has 0 radical (unpaired) electrons. The van der Waals surface area contributed by atoms with E-state index in [0.29, 0.717) is 0 Å². The summed E-state index contributed by atoms with van der Waals surface area (Å²) in [7, 11) is 0. The normalized spacial score (nSPS) is 17.4. The fraction of sp³-hybridized carbons (Fsp3) is 0.467. The van der Waals surface area contributed by atoms with Crippen molar-refractivity contribution < 1.29 is 0 Å². The second-order valence-electron chi connectivity index (χ2n) is 5.29. The van der Waals surface area contributed by atoms with Crippen molar-refractivity contribution in [2.24, 2.45) is 5.92 Å². The molecule has 0 N–H and O–H groups in total. The maximum atomic E-state index is 6.22. The number of aromatic nitrogens is 1. The van der Waals surface area contributed by atoms with Crippen LogP contribution >= 0.6 is 23.2 Å². The van der Waals surface area contributed by atoms with Crippen LogP contribution in [0, 0.1) is 5.92 Å². The zero-order chi connectivity index (χ0) is 12.5. The molecule has 0 bridgehead atoms. The average Bonchev–Trinajstić information content (AvgIpc) is 2.74. The first-order valence-corrected chi connectivity index (χ1v) is 7.43. The number of halogens is 2. The van der Waals surface area contributed by atoms with Gasteiger partial charge in [-0.3, -0.25) is 0 Å². The van der Waals surface area contributed by atoms with Gasteiger partial charge in [-0.15, -0.1) is 0 Å². The van der Waals surface area contributed by atoms with Crippen molar-refractivity contribution in [3.8, 4) is 0 Å². The van der Waals surface area contributed by atoms with Gasteiger partial charge in [-0.2, -0.15) is 0 Å². The zero-order valence-electron chi connectivity index (χ0n) is 10.3. The second-order valence-corrected chi connectivity index (χ2v) is 6.14.